The van der Waals surface area contributed by atoms with E-state index in [-0.39, 0.29) is 36.7 Å². The number of hydrogen-bond donors (Lipinski definition) is 3. The van der Waals surface area contributed by atoms with Gasteiger partial charge in [0.2, 0.25) is 5.91 Å². The summed E-state index contributed by atoms with van der Waals surface area (Å²) in [5.74, 6) is -0.107. The largest absolute Gasteiger partial charge is 0.435 e. The maximum Gasteiger partial charge on any atom is 0.387 e. The Bertz CT molecular complexity index is 468. The van der Waals surface area contributed by atoms with Crippen molar-refractivity contribution in [1.82, 2.24) is 10.6 Å². The first-order chi connectivity index (χ1) is 10.1. The Hall–Kier alpha value is -1.44. The highest BCUT2D eigenvalue weighted by Gasteiger charge is 2.22. The number of hydrogen-bond acceptors (Lipinski definition) is 4. The molecule has 1 heterocycles. The second-order valence-electron chi connectivity index (χ2n) is 4.86. The van der Waals surface area contributed by atoms with Crippen LogP contribution in [0.4, 0.5) is 8.78 Å². The van der Waals surface area contributed by atoms with Crippen molar-refractivity contribution in [1.29, 1.82) is 0 Å². The van der Waals surface area contributed by atoms with Crippen LogP contribution in [0, 0.1) is 0 Å². The lowest BCUT2D eigenvalue weighted by atomic mass is 10.1. The second kappa shape index (κ2) is 8.87. The zero-order valence-corrected chi connectivity index (χ0v) is 12.6. The smallest absolute Gasteiger partial charge is 0.387 e. The van der Waals surface area contributed by atoms with Crippen molar-refractivity contribution in [3.05, 3.63) is 29.8 Å². The van der Waals surface area contributed by atoms with Gasteiger partial charge < -0.3 is 20.5 Å². The molecule has 124 valence electrons. The SMILES string of the molecule is Cl.O=C(NCC(O)c1ccc(OC(F)F)cc1)[C@@H]1CCCN1. The normalized spacial score (nSPS) is 18.6. The number of alkyl halides is 2. The number of aliphatic hydroxyl groups excluding tert-OH is 1. The molecule has 2 atom stereocenters. The van der Waals surface area contributed by atoms with Gasteiger partial charge in [0.15, 0.2) is 0 Å². The van der Waals surface area contributed by atoms with Crippen molar-refractivity contribution < 1.29 is 23.4 Å². The van der Waals surface area contributed by atoms with Crippen LogP contribution in [0.25, 0.3) is 0 Å². The molecule has 1 aromatic carbocycles. The fourth-order valence-electron chi connectivity index (χ4n) is 2.22. The lowest BCUT2D eigenvalue weighted by Crippen LogP contribution is -2.41. The molecule has 1 fully saturated rings. The van der Waals surface area contributed by atoms with Crippen molar-refractivity contribution in [2.24, 2.45) is 0 Å². The molecule has 0 saturated carbocycles. The number of carbonyl (C=O) groups excluding carboxylic acids is 1. The third-order valence-corrected chi connectivity index (χ3v) is 3.34. The maximum atomic E-state index is 12.0. The summed E-state index contributed by atoms with van der Waals surface area (Å²) in [6.45, 7) is -1.97. The molecule has 1 aliphatic rings. The van der Waals surface area contributed by atoms with Crippen molar-refractivity contribution in [3.8, 4) is 5.75 Å². The zero-order valence-electron chi connectivity index (χ0n) is 11.8. The molecule has 0 aliphatic carbocycles. The predicted octanol–water partition coefficient (Wildman–Crippen LogP) is 1.61. The molecule has 1 saturated heterocycles. The van der Waals surface area contributed by atoms with E-state index in [1.54, 1.807) is 0 Å². The fraction of sp³-hybridized carbons (Fsp3) is 0.500. The molecule has 0 spiro atoms. The topological polar surface area (TPSA) is 70.6 Å². The van der Waals surface area contributed by atoms with E-state index in [4.69, 9.17) is 0 Å². The van der Waals surface area contributed by atoms with Crippen LogP contribution in [-0.2, 0) is 4.79 Å². The van der Waals surface area contributed by atoms with Gasteiger partial charge in [-0.2, -0.15) is 8.78 Å². The molecular weight excluding hydrogens is 318 g/mol. The number of halogens is 3. The minimum atomic E-state index is -2.88. The van der Waals surface area contributed by atoms with Crippen LogP contribution in [0.2, 0.25) is 0 Å². The Kier molecular flexibility index (Phi) is 7.50. The van der Waals surface area contributed by atoms with Gasteiger partial charge in [-0.1, -0.05) is 12.1 Å². The minimum Gasteiger partial charge on any atom is -0.435 e. The maximum absolute atomic E-state index is 12.0. The number of amides is 1. The van der Waals surface area contributed by atoms with Crippen LogP contribution in [-0.4, -0.2) is 36.8 Å². The molecule has 5 nitrogen and oxygen atoms in total. The molecule has 0 aromatic heterocycles. The first kappa shape index (κ1) is 18.6. The zero-order chi connectivity index (χ0) is 15.2. The number of nitrogens with one attached hydrogen (secondary N) is 2. The van der Waals surface area contributed by atoms with E-state index in [1.165, 1.54) is 24.3 Å². The van der Waals surface area contributed by atoms with Gasteiger partial charge in [-0.25, -0.2) is 0 Å². The first-order valence-corrected chi connectivity index (χ1v) is 6.80. The number of carbonyl (C=O) groups is 1. The Labute approximate surface area is 133 Å². The minimum absolute atomic E-state index is 0. The average molecular weight is 337 g/mol. The molecule has 1 aliphatic heterocycles. The lowest BCUT2D eigenvalue weighted by molar-refractivity contribution is -0.123. The standard InChI is InChI=1S/C14H18F2N2O3.ClH/c15-14(16)21-10-5-3-9(4-6-10)12(19)8-18-13(20)11-2-1-7-17-11;/h3-6,11-12,14,17,19H,1-2,7-8H2,(H,18,20);1H/t11-,12?;/m0./s1. The highest BCUT2D eigenvalue weighted by atomic mass is 35.5. The Morgan fingerprint density at radius 1 is 1.41 bits per heavy atom. The van der Waals surface area contributed by atoms with Crippen LogP contribution in [0.5, 0.6) is 5.75 Å². The Morgan fingerprint density at radius 3 is 2.64 bits per heavy atom. The number of aliphatic hydroxyl groups is 1. The summed E-state index contributed by atoms with van der Waals surface area (Å²) in [5.41, 5.74) is 0.524. The van der Waals surface area contributed by atoms with Crippen LogP contribution >= 0.6 is 12.4 Å². The number of rotatable bonds is 6. The van der Waals surface area contributed by atoms with Crippen LogP contribution < -0.4 is 15.4 Å². The third kappa shape index (κ3) is 5.40. The summed E-state index contributed by atoms with van der Waals surface area (Å²) in [4.78, 5) is 11.8. The van der Waals surface area contributed by atoms with Gasteiger partial charge in [-0.05, 0) is 37.1 Å². The van der Waals surface area contributed by atoms with Crippen LogP contribution in [0.1, 0.15) is 24.5 Å². The highest BCUT2D eigenvalue weighted by molar-refractivity contribution is 5.85. The Balaban J connectivity index is 0.00000242. The van der Waals surface area contributed by atoms with Gasteiger partial charge in [0, 0.05) is 6.54 Å². The van der Waals surface area contributed by atoms with Gasteiger partial charge in [0.05, 0.1) is 12.1 Å². The van der Waals surface area contributed by atoms with E-state index in [0.717, 1.165) is 19.4 Å². The molecule has 22 heavy (non-hydrogen) atoms. The van der Waals surface area contributed by atoms with Crippen LogP contribution in [0.15, 0.2) is 24.3 Å². The van der Waals surface area contributed by atoms with E-state index in [1.807, 2.05) is 0 Å². The molecule has 1 amide bonds. The van der Waals surface area contributed by atoms with Crippen molar-refractivity contribution in [2.45, 2.75) is 31.6 Å². The summed E-state index contributed by atoms with van der Waals surface area (Å²) < 4.78 is 28.2. The number of benzene rings is 1. The fourth-order valence-corrected chi connectivity index (χ4v) is 2.22. The van der Waals surface area contributed by atoms with E-state index in [2.05, 4.69) is 15.4 Å². The summed E-state index contributed by atoms with van der Waals surface area (Å²) in [6.07, 6.45) is 0.865. The molecule has 8 heteroatoms. The van der Waals surface area contributed by atoms with Gasteiger partial charge in [0.1, 0.15) is 5.75 Å². The van der Waals surface area contributed by atoms with Crippen LogP contribution in [0.3, 0.4) is 0 Å². The summed E-state index contributed by atoms with van der Waals surface area (Å²) in [6, 6.07) is 5.49. The lowest BCUT2D eigenvalue weighted by Gasteiger charge is -2.15. The van der Waals surface area contributed by atoms with E-state index >= 15 is 0 Å². The average Bonchev–Trinajstić information content (AvgIpc) is 2.99. The van der Waals surface area contributed by atoms with Gasteiger partial charge in [0.25, 0.3) is 0 Å². The molecule has 0 bridgehead atoms. The highest BCUT2D eigenvalue weighted by Crippen LogP contribution is 2.19. The molecule has 0 radical (unpaired) electrons. The molecule has 1 unspecified atom stereocenters. The van der Waals surface area contributed by atoms with E-state index < -0.39 is 12.7 Å². The van der Waals surface area contributed by atoms with Gasteiger partial charge >= 0.3 is 6.61 Å². The van der Waals surface area contributed by atoms with Crippen molar-refractivity contribution in [2.75, 3.05) is 13.1 Å². The second-order valence-corrected chi connectivity index (χ2v) is 4.86. The van der Waals surface area contributed by atoms with Gasteiger partial charge in [-0.3, -0.25) is 4.79 Å². The van der Waals surface area contributed by atoms with Crippen molar-refractivity contribution in [3.63, 3.8) is 0 Å². The first-order valence-electron chi connectivity index (χ1n) is 6.80. The molecule has 2 rings (SSSR count). The van der Waals surface area contributed by atoms with E-state index in [9.17, 15) is 18.7 Å². The third-order valence-electron chi connectivity index (χ3n) is 3.34. The predicted molar refractivity (Wildman–Crippen MR) is 79.3 cm³/mol. The summed E-state index contributed by atoms with van der Waals surface area (Å²) in [7, 11) is 0. The number of ether oxygens (including phenoxy) is 1. The molecule has 3 N–H and O–H groups in total. The summed E-state index contributed by atoms with van der Waals surface area (Å²) >= 11 is 0. The quantitative estimate of drug-likeness (QED) is 0.738. The summed E-state index contributed by atoms with van der Waals surface area (Å²) in [5, 5.41) is 15.7. The van der Waals surface area contributed by atoms with E-state index in [0.29, 0.717) is 5.56 Å². The van der Waals surface area contributed by atoms with Crippen molar-refractivity contribution >= 4 is 18.3 Å². The van der Waals surface area contributed by atoms with Gasteiger partial charge in [-0.15, -0.1) is 12.4 Å². The molecule has 1 aromatic rings. The molecular formula is C14H19ClF2N2O3. The Morgan fingerprint density at radius 2 is 2.09 bits per heavy atom. The monoisotopic (exact) mass is 336 g/mol.